The molecule has 0 aliphatic carbocycles. The van der Waals surface area contributed by atoms with Gasteiger partial charge in [-0.2, -0.15) is 0 Å². The third-order valence-electron chi connectivity index (χ3n) is 4.99. The van der Waals surface area contributed by atoms with Gasteiger partial charge >= 0.3 is 0 Å². The Bertz CT molecular complexity index is 975. The van der Waals surface area contributed by atoms with Crippen LogP contribution in [0.3, 0.4) is 0 Å². The van der Waals surface area contributed by atoms with Gasteiger partial charge in [0.15, 0.2) is 0 Å². The highest BCUT2D eigenvalue weighted by molar-refractivity contribution is 7.88. The quantitative estimate of drug-likeness (QED) is 0.652. The van der Waals surface area contributed by atoms with E-state index in [2.05, 4.69) is 15.0 Å². The Labute approximate surface area is 176 Å². The van der Waals surface area contributed by atoms with Crippen LogP contribution in [0.5, 0.6) is 0 Å². The number of aromatic nitrogens is 2. The summed E-state index contributed by atoms with van der Waals surface area (Å²) in [5, 5.41) is 2.83. The Kier molecular flexibility index (Phi) is 7.22. The zero-order chi connectivity index (χ0) is 21.6. The maximum Gasteiger partial charge on any atom is 0.253 e. The molecular weight excluding hydrogens is 406 g/mol. The lowest BCUT2D eigenvalue weighted by molar-refractivity contribution is -0.116. The molecule has 0 spiro atoms. The summed E-state index contributed by atoms with van der Waals surface area (Å²) in [7, 11) is -3.25. The molecule has 1 aliphatic rings. The smallest absolute Gasteiger partial charge is 0.253 e. The molecule has 9 nitrogen and oxygen atoms in total. The van der Waals surface area contributed by atoms with Crippen molar-refractivity contribution in [3.8, 4) is 0 Å². The Hall–Kier alpha value is -2.72. The molecule has 1 saturated heterocycles. The molecule has 1 aromatic carbocycles. The van der Waals surface area contributed by atoms with Crippen molar-refractivity contribution >= 4 is 27.5 Å². The Balaban J connectivity index is 1.56. The van der Waals surface area contributed by atoms with Crippen LogP contribution in [0.4, 0.5) is 5.69 Å². The van der Waals surface area contributed by atoms with Crippen molar-refractivity contribution in [3.05, 3.63) is 48.5 Å². The molecule has 1 fully saturated rings. The lowest BCUT2D eigenvalue weighted by Gasteiger charge is -2.33. The molecule has 2 heterocycles. The number of nitrogens with one attached hydrogen (secondary N) is 2. The minimum Gasteiger partial charge on any atom is -0.338 e. The number of benzene rings is 1. The summed E-state index contributed by atoms with van der Waals surface area (Å²) in [5.74, 6) is -0.171. The Morgan fingerprint density at radius 3 is 2.87 bits per heavy atom. The van der Waals surface area contributed by atoms with E-state index in [4.69, 9.17) is 0 Å². The summed E-state index contributed by atoms with van der Waals surface area (Å²) in [6, 6.07) is 6.89. The SMILES string of the molecule is CS(=O)(=O)NCC1CCCN(C(=O)c2cccc(NC(=O)CCn3ccnc3)c2)C1. The van der Waals surface area contributed by atoms with Gasteiger partial charge in [0.1, 0.15) is 0 Å². The summed E-state index contributed by atoms with van der Waals surface area (Å²) in [6.45, 7) is 2.00. The first-order chi connectivity index (χ1) is 14.3. The van der Waals surface area contributed by atoms with Crippen molar-refractivity contribution < 1.29 is 18.0 Å². The van der Waals surface area contributed by atoms with Crippen molar-refractivity contribution in [2.75, 3.05) is 31.2 Å². The highest BCUT2D eigenvalue weighted by Gasteiger charge is 2.25. The molecule has 0 radical (unpaired) electrons. The monoisotopic (exact) mass is 433 g/mol. The number of likely N-dealkylation sites (tertiary alicyclic amines) is 1. The predicted molar refractivity (Wildman–Crippen MR) is 113 cm³/mol. The molecule has 2 amide bonds. The van der Waals surface area contributed by atoms with Crippen LogP contribution >= 0.6 is 0 Å². The summed E-state index contributed by atoms with van der Waals surface area (Å²) in [6.07, 6.45) is 8.25. The average molecular weight is 434 g/mol. The average Bonchev–Trinajstić information content (AvgIpc) is 3.24. The fourth-order valence-electron chi connectivity index (χ4n) is 3.47. The van der Waals surface area contributed by atoms with Crippen LogP contribution in [0, 0.1) is 5.92 Å². The van der Waals surface area contributed by atoms with Crippen molar-refractivity contribution in [1.29, 1.82) is 0 Å². The second-order valence-electron chi connectivity index (χ2n) is 7.56. The van der Waals surface area contributed by atoms with Crippen molar-refractivity contribution in [1.82, 2.24) is 19.2 Å². The molecule has 1 atom stereocenters. The molecule has 10 heteroatoms. The van der Waals surface area contributed by atoms with Crippen LogP contribution in [-0.4, -0.2) is 60.6 Å². The number of imidazole rings is 1. The second kappa shape index (κ2) is 9.86. The van der Waals surface area contributed by atoms with Crippen LogP contribution in [0.1, 0.15) is 29.6 Å². The standard InChI is InChI=1S/C20H27N5O4S/c1-30(28,29)22-13-16-4-3-9-25(14-16)20(27)17-5-2-6-18(12-17)23-19(26)7-10-24-11-8-21-15-24/h2,5-6,8,11-12,15-16,22H,3-4,7,9-10,13-14H2,1H3,(H,23,26). The van der Waals surface area contributed by atoms with Crippen LogP contribution < -0.4 is 10.0 Å². The number of carbonyl (C=O) groups excluding carboxylic acids is 2. The maximum absolute atomic E-state index is 12.9. The molecule has 1 aromatic heterocycles. The lowest BCUT2D eigenvalue weighted by atomic mass is 9.97. The predicted octanol–water partition coefficient (Wildman–Crippen LogP) is 1.31. The number of amides is 2. The molecule has 2 aromatic rings. The molecule has 30 heavy (non-hydrogen) atoms. The Morgan fingerprint density at radius 2 is 2.13 bits per heavy atom. The van der Waals surface area contributed by atoms with Gasteiger partial charge in [-0.05, 0) is 37.0 Å². The van der Waals surface area contributed by atoms with Crippen molar-refractivity contribution in [2.45, 2.75) is 25.8 Å². The van der Waals surface area contributed by atoms with Gasteiger partial charge in [-0.25, -0.2) is 18.1 Å². The maximum atomic E-state index is 12.9. The zero-order valence-electron chi connectivity index (χ0n) is 17.0. The highest BCUT2D eigenvalue weighted by Crippen LogP contribution is 2.20. The van der Waals surface area contributed by atoms with E-state index in [0.717, 1.165) is 19.1 Å². The molecule has 2 N–H and O–H groups in total. The third kappa shape index (κ3) is 6.67. The fraction of sp³-hybridized carbons (Fsp3) is 0.450. The van der Waals surface area contributed by atoms with E-state index in [0.29, 0.717) is 43.9 Å². The number of carbonyl (C=O) groups is 2. The number of rotatable bonds is 8. The summed E-state index contributed by atoms with van der Waals surface area (Å²) in [4.78, 5) is 30.8. The summed E-state index contributed by atoms with van der Waals surface area (Å²) >= 11 is 0. The van der Waals surface area contributed by atoms with Gasteiger partial charge in [0.05, 0.1) is 12.6 Å². The molecule has 1 aliphatic heterocycles. The molecular formula is C20H27N5O4S. The van der Waals surface area contributed by atoms with Gasteiger partial charge in [-0.15, -0.1) is 0 Å². The topological polar surface area (TPSA) is 113 Å². The molecule has 1 unspecified atom stereocenters. The molecule has 162 valence electrons. The molecule has 0 saturated carbocycles. The number of anilines is 1. The van der Waals surface area contributed by atoms with Gasteiger partial charge in [0.2, 0.25) is 15.9 Å². The van der Waals surface area contributed by atoms with Crippen LogP contribution in [0.2, 0.25) is 0 Å². The number of aryl methyl sites for hydroxylation is 1. The van der Waals surface area contributed by atoms with Crippen LogP contribution in [0.15, 0.2) is 43.0 Å². The normalized spacial score (nSPS) is 17.0. The first-order valence-corrected chi connectivity index (χ1v) is 11.8. The van der Waals surface area contributed by atoms with Gasteiger partial charge in [0, 0.05) is 56.2 Å². The summed E-state index contributed by atoms with van der Waals surface area (Å²) in [5.41, 5.74) is 1.07. The van der Waals surface area contributed by atoms with Gasteiger partial charge < -0.3 is 14.8 Å². The number of hydrogen-bond donors (Lipinski definition) is 2. The van der Waals surface area contributed by atoms with Crippen LogP contribution in [0.25, 0.3) is 0 Å². The third-order valence-corrected chi connectivity index (χ3v) is 5.68. The number of nitrogens with zero attached hydrogens (tertiary/aromatic N) is 3. The minimum atomic E-state index is -3.25. The van der Waals surface area contributed by atoms with E-state index in [-0.39, 0.29) is 17.7 Å². The zero-order valence-corrected chi connectivity index (χ0v) is 17.8. The van der Waals surface area contributed by atoms with Gasteiger partial charge in [0.25, 0.3) is 5.91 Å². The van der Waals surface area contributed by atoms with Gasteiger partial charge in [-0.1, -0.05) is 6.07 Å². The number of piperidine rings is 1. The molecule has 0 bridgehead atoms. The van der Waals surface area contributed by atoms with E-state index in [1.165, 1.54) is 0 Å². The highest BCUT2D eigenvalue weighted by atomic mass is 32.2. The lowest BCUT2D eigenvalue weighted by Crippen LogP contribution is -2.43. The largest absolute Gasteiger partial charge is 0.338 e. The first kappa shape index (κ1) is 22.0. The van der Waals surface area contributed by atoms with E-state index in [1.807, 2.05) is 4.57 Å². The minimum absolute atomic E-state index is 0.0866. The van der Waals surface area contributed by atoms with Crippen molar-refractivity contribution in [2.24, 2.45) is 5.92 Å². The van der Waals surface area contributed by atoms with E-state index in [9.17, 15) is 18.0 Å². The van der Waals surface area contributed by atoms with E-state index >= 15 is 0 Å². The van der Waals surface area contributed by atoms with E-state index < -0.39 is 10.0 Å². The second-order valence-corrected chi connectivity index (χ2v) is 9.39. The van der Waals surface area contributed by atoms with Crippen molar-refractivity contribution in [3.63, 3.8) is 0 Å². The van der Waals surface area contributed by atoms with E-state index in [1.54, 1.807) is 47.9 Å². The first-order valence-electron chi connectivity index (χ1n) is 9.90. The number of hydrogen-bond acceptors (Lipinski definition) is 5. The molecule has 3 rings (SSSR count). The van der Waals surface area contributed by atoms with Crippen LogP contribution in [-0.2, 0) is 21.4 Å². The number of sulfonamides is 1. The fourth-order valence-corrected chi connectivity index (χ4v) is 4.01. The Morgan fingerprint density at radius 1 is 1.30 bits per heavy atom. The van der Waals surface area contributed by atoms with Gasteiger partial charge in [-0.3, -0.25) is 9.59 Å². The summed E-state index contributed by atoms with van der Waals surface area (Å²) < 4.78 is 27.0.